The summed E-state index contributed by atoms with van der Waals surface area (Å²) in [6.07, 6.45) is 4.46. The van der Waals surface area contributed by atoms with E-state index in [9.17, 15) is 4.79 Å². The Morgan fingerprint density at radius 2 is 2.10 bits per heavy atom. The molecule has 1 aromatic rings. The Morgan fingerprint density at radius 3 is 2.80 bits per heavy atom. The van der Waals surface area contributed by atoms with E-state index in [-0.39, 0.29) is 24.4 Å². The average Bonchev–Trinajstić information content (AvgIpc) is 2.42. The fourth-order valence-corrected chi connectivity index (χ4v) is 3.20. The topological polar surface area (TPSA) is 55.1 Å². The fraction of sp³-hybridized carbons (Fsp3) is 0.500. The Bertz CT molecular complexity index is 470. The molecule has 1 aliphatic carbocycles. The smallest absolute Gasteiger partial charge is 0.252 e. The molecule has 3 nitrogen and oxygen atoms in total. The van der Waals surface area contributed by atoms with Gasteiger partial charge in [0.1, 0.15) is 0 Å². The van der Waals surface area contributed by atoms with Gasteiger partial charge in [0.05, 0.1) is 5.56 Å². The number of hydrogen-bond donors (Lipinski definition) is 2. The third-order valence-corrected chi connectivity index (χ3v) is 4.63. The Morgan fingerprint density at radius 1 is 1.40 bits per heavy atom. The molecule has 0 aromatic heterocycles. The van der Waals surface area contributed by atoms with Gasteiger partial charge in [-0.3, -0.25) is 4.79 Å². The maximum atomic E-state index is 12.3. The van der Waals surface area contributed by atoms with Crippen LogP contribution in [0.15, 0.2) is 22.7 Å². The molecule has 112 valence electrons. The molecule has 0 aliphatic heterocycles. The van der Waals surface area contributed by atoms with Crippen molar-refractivity contribution in [2.75, 3.05) is 6.54 Å². The molecule has 2 unspecified atom stereocenters. The minimum atomic E-state index is -0.0836. The zero-order valence-electron chi connectivity index (χ0n) is 11.1. The van der Waals surface area contributed by atoms with E-state index < -0.39 is 0 Å². The van der Waals surface area contributed by atoms with E-state index in [1.165, 1.54) is 6.42 Å². The van der Waals surface area contributed by atoms with Gasteiger partial charge in [0.2, 0.25) is 0 Å². The lowest BCUT2D eigenvalue weighted by atomic mass is 9.84. The van der Waals surface area contributed by atoms with Crippen LogP contribution in [0.25, 0.3) is 0 Å². The lowest BCUT2D eigenvalue weighted by Gasteiger charge is -2.31. The van der Waals surface area contributed by atoms with Crippen LogP contribution in [0.1, 0.15) is 36.0 Å². The summed E-state index contributed by atoms with van der Waals surface area (Å²) in [7, 11) is 0. The number of rotatable bonds is 3. The molecule has 20 heavy (non-hydrogen) atoms. The van der Waals surface area contributed by atoms with E-state index in [0.29, 0.717) is 23.0 Å². The van der Waals surface area contributed by atoms with Gasteiger partial charge in [-0.15, -0.1) is 12.4 Å². The first-order valence-corrected chi connectivity index (χ1v) is 7.75. The first-order valence-electron chi connectivity index (χ1n) is 6.58. The van der Waals surface area contributed by atoms with Gasteiger partial charge >= 0.3 is 0 Å². The highest BCUT2D eigenvalue weighted by Crippen LogP contribution is 2.25. The molecule has 3 N–H and O–H groups in total. The second kappa shape index (κ2) is 8.23. The van der Waals surface area contributed by atoms with E-state index in [0.717, 1.165) is 23.7 Å². The van der Waals surface area contributed by atoms with Gasteiger partial charge in [0.15, 0.2) is 0 Å². The summed E-state index contributed by atoms with van der Waals surface area (Å²) >= 11 is 9.32. The molecule has 1 aromatic carbocycles. The van der Waals surface area contributed by atoms with Crippen LogP contribution in [0, 0.1) is 5.92 Å². The molecule has 6 heteroatoms. The second-order valence-electron chi connectivity index (χ2n) is 4.98. The highest BCUT2D eigenvalue weighted by Gasteiger charge is 2.26. The number of carbonyl (C=O) groups excluding carboxylic acids is 1. The first-order chi connectivity index (χ1) is 9.11. The number of benzene rings is 1. The molecule has 0 heterocycles. The number of amides is 1. The molecule has 1 saturated carbocycles. The predicted octanol–water partition coefficient (Wildman–Crippen LogP) is 3.77. The summed E-state index contributed by atoms with van der Waals surface area (Å²) in [5.41, 5.74) is 6.36. The largest absolute Gasteiger partial charge is 0.349 e. The predicted molar refractivity (Wildman–Crippen MR) is 88.7 cm³/mol. The summed E-state index contributed by atoms with van der Waals surface area (Å²) in [5, 5.41) is 3.66. The average molecular weight is 382 g/mol. The Balaban J connectivity index is 0.00000200. The van der Waals surface area contributed by atoms with Crippen LogP contribution >= 0.6 is 39.9 Å². The van der Waals surface area contributed by atoms with Crippen molar-refractivity contribution in [3.63, 3.8) is 0 Å². The minimum absolute atomic E-state index is 0. The fourth-order valence-electron chi connectivity index (χ4n) is 2.60. The van der Waals surface area contributed by atoms with Gasteiger partial charge in [0.25, 0.3) is 5.91 Å². The zero-order chi connectivity index (χ0) is 13.8. The highest BCUT2D eigenvalue weighted by molar-refractivity contribution is 9.10. The molecule has 1 aliphatic rings. The monoisotopic (exact) mass is 380 g/mol. The van der Waals surface area contributed by atoms with Crippen molar-refractivity contribution < 1.29 is 4.79 Å². The Hall–Kier alpha value is -0.290. The molecule has 0 spiro atoms. The Kier molecular flexibility index (Phi) is 7.30. The lowest BCUT2D eigenvalue weighted by molar-refractivity contribution is 0.0907. The Labute approximate surface area is 139 Å². The highest BCUT2D eigenvalue weighted by atomic mass is 79.9. The van der Waals surface area contributed by atoms with E-state index in [1.807, 2.05) is 0 Å². The lowest BCUT2D eigenvalue weighted by Crippen LogP contribution is -2.44. The molecule has 0 bridgehead atoms. The van der Waals surface area contributed by atoms with E-state index in [4.69, 9.17) is 17.3 Å². The van der Waals surface area contributed by atoms with E-state index in [2.05, 4.69) is 21.2 Å². The third-order valence-electron chi connectivity index (χ3n) is 3.70. The van der Waals surface area contributed by atoms with Crippen molar-refractivity contribution in [3.8, 4) is 0 Å². The van der Waals surface area contributed by atoms with Crippen LogP contribution in [0.2, 0.25) is 5.02 Å². The zero-order valence-corrected chi connectivity index (χ0v) is 14.2. The maximum Gasteiger partial charge on any atom is 0.252 e. The van der Waals surface area contributed by atoms with Crippen LogP contribution in [0.3, 0.4) is 0 Å². The quantitative estimate of drug-likeness (QED) is 0.837. The maximum absolute atomic E-state index is 12.3. The van der Waals surface area contributed by atoms with Crippen molar-refractivity contribution in [2.45, 2.75) is 31.7 Å². The first kappa shape index (κ1) is 17.8. The summed E-state index contributed by atoms with van der Waals surface area (Å²) in [6, 6.07) is 5.41. The van der Waals surface area contributed by atoms with Gasteiger partial charge in [-0.2, -0.15) is 0 Å². The standard InChI is InChI=1S/C14H18BrClN2O.ClH/c15-12-6-5-10(16)7-11(12)14(19)18-13-4-2-1-3-9(13)8-17;/h5-7,9,13H,1-4,8,17H2,(H,18,19);1H. The molecular weight excluding hydrogens is 363 g/mol. The normalized spacial score (nSPS) is 21.9. The van der Waals surface area contributed by atoms with Gasteiger partial charge in [-0.05, 0) is 59.4 Å². The van der Waals surface area contributed by atoms with Crippen molar-refractivity contribution >= 4 is 45.8 Å². The molecule has 1 amide bonds. The summed E-state index contributed by atoms with van der Waals surface area (Å²) in [5.74, 6) is 0.301. The van der Waals surface area contributed by atoms with E-state index in [1.54, 1.807) is 18.2 Å². The molecule has 2 rings (SSSR count). The second-order valence-corrected chi connectivity index (χ2v) is 6.28. The number of nitrogens with one attached hydrogen (secondary N) is 1. The summed E-state index contributed by atoms with van der Waals surface area (Å²) < 4.78 is 0.759. The third kappa shape index (κ3) is 4.35. The number of carbonyl (C=O) groups is 1. The molecule has 0 radical (unpaired) electrons. The van der Waals surface area contributed by atoms with Gasteiger partial charge < -0.3 is 11.1 Å². The number of halogens is 3. The number of hydrogen-bond acceptors (Lipinski definition) is 2. The van der Waals surface area contributed by atoms with Crippen molar-refractivity contribution in [3.05, 3.63) is 33.3 Å². The summed E-state index contributed by atoms with van der Waals surface area (Å²) in [6.45, 7) is 0.627. The molecular formula is C14H19BrCl2N2O. The summed E-state index contributed by atoms with van der Waals surface area (Å²) in [4.78, 5) is 12.3. The van der Waals surface area contributed by atoms with Gasteiger partial charge in [-0.1, -0.05) is 24.4 Å². The minimum Gasteiger partial charge on any atom is -0.349 e. The molecule has 2 atom stereocenters. The molecule has 1 fully saturated rings. The van der Waals surface area contributed by atoms with Crippen LogP contribution in [0.5, 0.6) is 0 Å². The van der Waals surface area contributed by atoms with Crippen molar-refractivity contribution in [2.24, 2.45) is 11.7 Å². The van der Waals surface area contributed by atoms with Crippen LogP contribution in [0.4, 0.5) is 0 Å². The van der Waals surface area contributed by atoms with Crippen LogP contribution in [-0.4, -0.2) is 18.5 Å². The van der Waals surface area contributed by atoms with Gasteiger partial charge in [-0.25, -0.2) is 0 Å². The van der Waals surface area contributed by atoms with Crippen LogP contribution in [-0.2, 0) is 0 Å². The van der Waals surface area contributed by atoms with Gasteiger partial charge in [0, 0.05) is 15.5 Å². The van der Waals surface area contributed by atoms with Crippen molar-refractivity contribution in [1.82, 2.24) is 5.32 Å². The molecule has 0 saturated heterocycles. The van der Waals surface area contributed by atoms with Crippen molar-refractivity contribution in [1.29, 1.82) is 0 Å². The number of nitrogens with two attached hydrogens (primary N) is 1. The van der Waals surface area contributed by atoms with Crippen LogP contribution < -0.4 is 11.1 Å². The SMILES string of the molecule is Cl.NCC1CCCCC1NC(=O)c1cc(Cl)ccc1Br. The van der Waals surface area contributed by atoms with E-state index >= 15 is 0 Å².